The number of rotatable bonds is 2. The van der Waals surface area contributed by atoms with Crippen molar-refractivity contribution in [3.8, 4) is 5.75 Å². The first-order valence-corrected chi connectivity index (χ1v) is 6.68. The number of nitrogens with zero attached hydrogens (tertiary/aromatic N) is 1. The topological polar surface area (TPSA) is 110 Å². The molecule has 0 bridgehead atoms. The number of nitrogen functional groups attached to an aromatic ring is 1. The zero-order valence-corrected chi connectivity index (χ0v) is 11.3. The van der Waals surface area contributed by atoms with Crippen molar-refractivity contribution in [3.63, 3.8) is 0 Å². The number of ether oxygens (including phenoxy) is 1. The molecule has 0 spiro atoms. The van der Waals surface area contributed by atoms with Crippen molar-refractivity contribution in [1.82, 2.24) is 15.6 Å². The van der Waals surface area contributed by atoms with Crippen LogP contribution in [0, 0.1) is 0 Å². The predicted molar refractivity (Wildman–Crippen MR) is 77.9 cm³/mol. The number of nitrogens with two attached hydrogens (primary N) is 1. The molecule has 1 unspecified atom stereocenters. The molecule has 1 aliphatic heterocycles. The quantitative estimate of drug-likeness (QED) is 0.461. The average Bonchev–Trinajstić information content (AvgIpc) is 2.49. The first-order valence-electron chi connectivity index (χ1n) is 6.68. The average molecular weight is 288 g/mol. The fraction of sp³-hybridized carbons (Fsp3) is 0.286. The first kappa shape index (κ1) is 13.6. The monoisotopic (exact) mass is 288 g/mol. The minimum atomic E-state index is -0.600. The summed E-state index contributed by atoms with van der Waals surface area (Å²) in [4.78, 5) is 16.3. The molecule has 1 fully saturated rings. The van der Waals surface area contributed by atoms with E-state index >= 15 is 0 Å². The van der Waals surface area contributed by atoms with E-state index in [0.717, 1.165) is 13.1 Å². The number of aromatic hydroxyl groups is 1. The molecule has 7 nitrogen and oxygen atoms in total. The summed E-state index contributed by atoms with van der Waals surface area (Å²) in [5.41, 5.74) is 6.65. The van der Waals surface area contributed by atoms with Gasteiger partial charge in [-0.05, 0) is 12.1 Å². The number of hydrogen-bond donors (Lipinski definition) is 4. The molecule has 1 saturated heterocycles. The van der Waals surface area contributed by atoms with E-state index in [1.165, 1.54) is 6.07 Å². The van der Waals surface area contributed by atoms with Gasteiger partial charge in [0, 0.05) is 31.1 Å². The summed E-state index contributed by atoms with van der Waals surface area (Å²) < 4.78 is 5.29. The third kappa shape index (κ3) is 2.74. The van der Waals surface area contributed by atoms with E-state index in [1.54, 1.807) is 18.2 Å². The van der Waals surface area contributed by atoms with Crippen molar-refractivity contribution in [1.29, 1.82) is 0 Å². The molecule has 0 saturated carbocycles. The lowest BCUT2D eigenvalue weighted by atomic mass is 10.1. The number of hydrogen-bond acceptors (Lipinski definition) is 7. The van der Waals surface area contributed by atoms with Gasteiger partial charge in [-0.25, -0.2) is 9.78 Å². The van der Waals surface area contributed by atoms with E-state index in [-0.39, 0.29) is 11.4 Å². The molecular weight excluding hydrogens is 272 g/mol. The number of pyridine rings is 1. The Balaban J connectivity index is 1.89. The third-order valence-corrected chi connectivity index (χ3v) is 3.31. The van der Waals surface area contributed by atoms with E-state index in [2.05, 4.69) is 15.6 Å². The summed E-state index contributed by atoms with van der Waals surface area (Å²) in [6.07, 6.45) is -0.404. The number of carbonyl (C=O) groups is 1. The Bertz CT molecular complexity index is 683. The van der Waals surface area contributed by atoms with Crippen LogP contribution in [0.15, 0.2) is 24.3 Å². The highest BCUT2D eigenvalue weighted by atomic mass is 16.6. The lowest BCUT2D eigenvalue weighted by Crippen LogP contribution is -2.50. The summed E-state index contributed by atoms with van der Waals surface area (Å²) in [6, 6.07) is 6.36. The molecule has 21 heavy (non-hydrogen) atoms. The van der Waals surface area contributed by atoms with Crippen LogP contribution < -0.4 is 16.4 Å². The fourth-order valence-electron chi connectivity index (χ4n) is 2.26. The van der Waals surface area contributed by atoms with Gasteiger partial charge in [0.15, 0.2) is 11.9 Å². The summed E-state index contributed by atoms with van der Waals surface area (Å²) in [7, 11) is 0. The van der Waals surface area contributed by atoms with Gasteiger partial charge in [0.25, 0.3) is 0 Å². The van der Waals surface area contributed by atoms with Crippen LogP contribution in [0.1, 0.15) is 10.5 Å². The molecule has 1 aliphatic rings. The lowest BCUT2D eigenvalue weighted by Gasteiger charge is -2.24. The Morgan fingerprint density at radius 2 is 2.29 bits per heavy atom. The van der Waals surface area contributed by atoms with E-state index < -0.39 is 12.2 Å². The lowest BCUT2D eigenvalue weighted by molar-refractivity contribution is 0.0173. The van der Waals surface area contributed by atoms with Crippen LogP contribution in [0.4, 0.5) is 5.69 Å². The molecule has 0 radical (unpaired) electrons. The van der Waals surface area contributed by atoms with Crippen molar-refractivity contribution in [2.75, 3.05) is 25.4 Å². The highest BCUT2D eigenvalue weighted by molar-refractivity contribution is 5.98. The Labute approximate surface area is 121 Å². The number of anilines is 1. The fourth-order valence-corrected chi connectivity index (χ4v) is 2.26. The van der Waals surface area contributed by atoms with E-state index in [4.69, 9.17) is 10.5 Å². The van der Waals surface area contributed by atoms with Crippen LogP contribution in [0.25, 0.3) is 10.9 Å². The minimum Gasteiger partial charge on any atom is -0.507 e. The van der Waals surface area contributed by atoms with Crippen LogP contribution in [-0.2, 0) is 4.74 Å². The zero-order valence-electron chi connectivity index (χ0n) is 11.3. The third-order valence-electron chi connectivity index (χ3n) is 3.31. The Morgan fingerprint density at radius 3 is 3.05 bits per heavy atom. The van der Waals surface area contributed by atoms with Gasteiger partial charge in [0.2, 0.25) is 0 Å². The molecule has 1 aromatic carbocycles. The van der Waals surface area contributed by atoms with Crippen LogP contribution in [0.2, 0.25) is 0 Å². The molecule has 7 heteroatoms. The number of piperazine rings is 1. The maximum absolute atomic E-state index is 12.1. The number of esters is 1. The van der Waals surface area contributed by atoms with Crippen LogP contribution >= 0.6 is 0 Å². The molecule has 3 rings (SSSR count). The number of aromatic nitrogens is 1. The summed E-state index contributed by atoms with van der Waals surface area (Å²) >= 11 is 0. The van der Waals surface area contributed by atoms with Crippen molar-refractivity contribution >= 4 is 22.6 Å². The first-order chi connectivity index (χ1) is 10.1. The predicted octanol–water partition coefficient (Wildman–Crippen LogP) is 0.198. The van der Waals surface area contributed by atoms with Crippen molar-refractivity contribution in [3.05, 3.63) is 30.0 Å². The Morgan fingerprint density at radius 1 is 1.43 bits per heavy atom. The molecule has 110 valence electrons. The largest absolute Gasteiger partial charge is 0.507 e. The normalized spacial score (nSPS) is 18.6. The minimum absolute atomic E-state index is 0.0327. The number of para-hydroxylation sites is 1. The van der Waals surface area contributed by atoms with Crippen molar-refractivity contribution in [2.24, 2.45) is 0 Å². The van der Waals surface area contributed by atoms with Gasteiger partial charge in [-0.2, -0.15) is 0 Å². The van der Waals surface area contributed by atoms with Crippen LogP contribution in [-0.4, -0.2) is 41.9 Å². The Hall–Kier alpha value is -2.38. The highest BCUT2D eigenvalue weighted by Crippen LogP contribution is 2.28. The number of benzene rings is 1. The second kappa shape index (κ2) is 5.55. The zero-order chi connectivity index (χ0) is 14.8. The van der Waals surface area contributed by atoms with Gasteiger partial charge in [-0.15, -0.1) is 0 Å². The standard InChI is InChI=1S/C14H16N4O3/c15-9-3-1-2-8-11(19)6-10(18-13(8)9)14(20)21-12-7-16-4-5-17-12/h1-3,6,12,16-17H,4-5,7,15H2,(H,18,19). The summed E-state index contributed by atoms with van der Waals surface area (Å²) in [6.45, 7) is 2.09. The Kier molecular flexibility index (Phi) is 3.59. The van der Waals surface area contributed by atoms with Gasteiger partial charge in [-0.1, -0.05) is 6.07 Å². The van der Waals surface area contributed by atoms with E-state index in [1.807, 2.05) is 0 Å². The van der Waals surface area contributed by atoms with Crippen LogP contribution in [0.3, 0.4) is 0 Å². The van der Waals surface area contributed by atoms with Gasteiger partial charge in [0.1, 0.15) is 5.75 Å². The van der Waals surface area contributed by atoms with Crippen LogP contribution in [0.5, 0.6) is 5.75 Å². The molecule has 2 heterocycles. The second-order valence-corrected chi connectivity index (χ2v) is 4.82. The smallest absolute Gasteiger partial charge is 0.358 e. The maximum Gasteiger partial charge on any atom is 0.358 e. The molecule has 0 amide bonds. The summed E-state index contributed by atoms with van der Waals surface area (Å²) in [5, 5.41) is 16.7. The van der Waals surface area contributed by atoms with Gasteiger partial charge in [-0.3, -0.25) is 5.32 Å². The number of carbonyl (C=O) groups excluding carboxylic acids is 1. The van der Waals surface area contributed by atoms with Gasteiger partial charge < -0.3 is 20.9 Å². The molecule has 1 aromatic heterocycles. The van der Waals surface area contributed by atoms with Gasteiger partial charge in [0.05, 0.1) is 11.2 Å². The van der Waals surface area contributed by atoms with Crippen molar-refractivity contribution < 1.29 is 14.6 Å². The molecule has 1 atom stereocenters. The van der Waals surface area contributed by atoms with Crippen molar-refractivity contribution in [2.45, 2.75) is 6.23 Å². The van der Waals surface area contributed by atoms with E-state index in [9.17, 15) is 9.90 Å². The van der Waals surface area contributed by atoms with Gasteiger partial charge >= 0.3 is 5.97 Å². The highest BCUT2D eigenvalue weighted by Gasteiger charge is 2.20. The molecule has 2 aromatic rings. The number of nitrogens with one attached hydrogen (secondary N) is 2. The molecule has 0 aliphatic carbocycles. The summed E-state index contributed by atoms with van der Waals surface area (Å²) in [5.74, 6) is -0.648. The molecular formula is C14H16N4O3. The van der Waals surface area contributed by atoms with E-state index in [0.29, 0.717) is 23.1 Å². The molecule has 5 N–H and O–H groups in total. The SMILES string of the molecule is Nc1cccc2c(O)cc(C(=O)OC3CNCCN3)nc12. The number of fused-ring (bicyclic) bond motifs is 1. The second-order valence-electron chi connectivity index (χ2n) is 4.82. The maximum atomic E-state index is 12.1.